The van der Waals surface area contributed by atoms with Crippen LogP contribution in [0.15, 0.2) is 54.6 Å². The minimum absolute atomic E-state index is 0.155. The Morgan fingerprint density at radius 3 is 2.23 bits per heavy atom. The van der Waals surface area contributed by atoms with Crippen LogP contribution >= 0.6 is 0 Å². The van der Waals surface area contributed by atoms with Gasteiger partial charge in [-0.2, -0.15) is 0 Å². The molecule has 1 aliphatic heterocycles. The lowest BCUT2D eigenvalue weighted by Gasteiger charge is -2.26. The van der Waals surface area contributed by atoms with Gasteiger partial charge in [0, 0.05) is 6.42 Å². The predicted octanol–water partition coefficient (Wildman–Crippen LogP) is 5.14. The number of benzene rings is 2. The van der Waals surface area contributed by atoms with E-state index in [9.17, 15) is 14.4 Å². The fourth-order valence-electron chi connectivity index (χ4n) is 3.20. The van der Waals surface area contributed by atoms with E-state index in [2.05, 4.69) is 55.5 Å². The summed E-state index contributed by atoms with van der Waals surface area (Å²) in [5.74, 6) is -0.962. The summed E-state index contributed by atoms with van der Waals surface area (Å²) in [4.78, 5) is 36.0. The molecule has 0 N–H and O–H groups in total. The molecule has 1 heterocycles. The van der Waals surface area contributed by atoms with Gasteiger partial charge in [0.1, 0.15) is 11.6 Å². The summed E-state index contributed by atoms with van der Waals surface area (Å²) in [6.07, 6.45) is -0.345. The number of imide groups is 1. The number of amides is 2. The summed E-state index contributed by atoms with van der Waals surface area (Å²) in [6, 6.07) is 18.1. The summed E-state index contributed by atoms with van der Waals surface area (Å²) in [5.41, 5.74) is 3.23. The number of aryl methyl sites for hydroxylation is 1. The Morgan fingerprint density at radius 2 is 1.65 bits per heavy atom. The summed E-state index contributed by atoms with van der Waals surface area (Å²) < 4.78 is 9.95. The lowest BCUT2D eigenvalue weighted by atomic mass is 10.0. The monoisotopic (exact) mass is 425 g/mol. The third-order valence-corrected chi connectivity index (χ3v) is 4.59. The smallest absolute Gasteiger partial charge is 0.417 e. The van der Waals surface area contributed by atoms with Crippen LogP contribution in [0.3, 0.4) is 0 Å². The summed E-state index contributed by atoms with van der Waals surface area (Å²) in [6.45, 7) is 9.13. The molecule has 2 amide bonds. The van der Waals surface area contributed by atoms with Crippen molar-refractivity contribution in [2.45, 2.75) is 59.1 Å². The van der Waals surface area contributed by atoms with Gasteiger partial charge >= 0.3 is 12.1 Å². The van der Waals surface area contributed by atoms with E-state index in [0.717, 1.165) is 4.90 Å². The minimum atomic E-state index is -0.854. The maximum absolute atomic E-state index is 11.9. The molecule has 1 fully saturated rings. The molecule has 1 saturated heterocycles. The van der Waals surface area contributed by atoms with Gasteiger partial charge < -0.3 is 9.47 Å². The van der Waals surface area contributed by atoms with E-state index in [1.165, 1.54) is 16.7 Å². The van der Waals surface area contributed by atoms with Gasteiger partial charge in [0.2, 0.25) is 5.91 Å². The normalized spacial score (nSPS) is 15.7. The average Bonchev–Trinajstić information content (AvgIpc) is 3.10. The third-order valence-electron chi connectivity index (χ3n) is 4.59. The van der Waals surface area contributed by atoms with Gasteiger partial charge in [-0.05, 0) is 57.7 Å². The second kappa shape index (κ2) is 10.8. The molecule has 2 aromatic carbocycles. The Bertz CT molecular complexity index is 902. The summed E-state index contributed by atoms with van der Waals surface area (Å²) >= 11 is 0. The Hall–Kier alpha value is -3.15. The molecule has 1 atom stereocenters. The molecule has 1 aliphatic rings. The highest BCUT2D eigenvalue weighted by Gasteiger charge is 2.43. The van der Waals surface area contributed by atoms with Gasteiger partial charge in [-0.3, -0.25) is 4.79 Å². The number of hydrogen-bond acceptors (Lipinski definition) is 5. The van der Waals surface area contributed by atoms with Crippen molar-refractivity contribution in [3.05, 3.63) is 60.2 Å². The third kappa shape index (κ3) is 6.95. The van der Waals surface area contributed by atoms with Crippen molar-refractivity contribution in [3.8, 4) is 11.1 Å². The van der Waals surface area contributed by atoms with E-state index >= 15 is 0 Å². The number of ether oxygens (including phenoxy) is 2. The first-order valence-electron chi connectivity index (χ1n) is 10.5. The summed E-state index contributed by atoms with van der Waals surface area (Å²) in [7, 11) is 0. The van der Waals surface area contributed by atoms with Crippen LogP contribution < -0.4 is 0 Å². The van der Waals surface area contributed by atoms with E-state index in [1.807, 2.05) is 6.07 Å². The molecule has 0 spiro atoms. The van der Waals surface area contributed by atoms with Crippen molar-refractivity contribution in [2.75, 3.05) is 6.61 Å². The summed E-state index contributed by atoms with van der Waals surface area (Å²) in [5, 5.41) is 0. The lowest BCUT2D eigenvalue weighted by molar-refractivity contribution is -0.150. The Labute approximate surface area is 184 Å². The fourth-order valence-corrected chi connectivity index (χ4v) is 3.20. The highest BCUT2D eigenvalue weighted by Crippen LogP contribution is 2.23. The molecule has 0 aliphatic carbocycles. The van der Waals surface area contributed by atoms with Gasteiger partial charge in [0.05, 0.1) is 6.61 Å². The molecular formula is C25H31NO5. The SMILES string of the molecule is CCOC(=O)C1CCC(=O)N1C(=O)OC(C)(C)C.Cc1ccccc1-c1ccccc1. The predicted molar refractivity (Wildman–Crippen MR) is 119 cm³/mol. The van der Waals surface area contributed by atoms with Gasteiger partial charge in [-0.25, -0.2) is 14.5 Å². The van der Waals surface area contributed by atoms with E-state index in [0.29, 0.717) is 0 Å². The Balaban J connectivity index is 0.000000231. The Kier molecular flexibility index (Phi) is 8.37. The van der Waals surface area contributed by atoms with Gasteiger partial charge in [0.25, 0.3) is 0 Å². The zero-order chi connectivity index (χ0) is 23.0. The quantitative estimate of drug-likeness (QED) is 0.637. The van der Waals surface area contributed by atoms with Crippen LogP contribution in [0.1, 0.15) is 46.1 Å². The van der Waals surface area contributed by atoms with Crippen molar-refractivity contribution in [3.63, 3.8) is 0 Å². The van der Waals surface area contributed by atoms with Crippen molar-refractivity contribution in [2.24, 2.45) is 0 Å². The highest BCUT2D eigenvalue weighted by atomic mass is 16.6. The van der Waals surface area contributed by atoms with Gasteiger partial charge in [0.15, 0.2) is 0 Å². The van der Waals surface area contributed by atoms with Crippen molar-refractivity contribution < 1.29 is 23.9 Å². The molecule has 0 saturated carbocycles. The van der Waals surface area contributed by atoms with Crippen LogP contribution in [0.4, 0.5) is 4.79 Å². The van der Waals surface area contributed by atoms with Crippen LogP contribution in [-0.2, 0) is 19.1 Å². The van der Waals surface area contributed by atoms with Crippen molar-refractivity contribution >= 4 is 18.0 Å². The number of rotatable bonds is 3. The van der Waals surface area contributed by atoms with Crippen LogP contribution in [0.2, 0.25) is 0 Å². The number of carbonyl (C=O) groups is 3. The lowest BCUT2D eigenvalue weighted by Crippen LogP contribution is -2.46. The van der Waals surface area contributed by atoms with Crippen LogP contribution in [-0.4, -0.2) is 41.1 Å². The van der Waals surface area contributed by atoms with Crippen LogP contribution in [0, 0.1) is 6.92 Å². The number of hydrogen-bond donors (Lipinski definition) is 0. The molecular weight excluding hydrogens is 394 g/mol. The fraction of sp³-hybridized carbons (Fsp3) is 0.400. The number of esters is 1. The first-order valence-corrected chi connectivity index (χ1v) is 10.5. The first-order chi connectivity index (χ1) is 14.6. The first kappa shape index (κ1) is 24.1. The zero-order valence-corrected chi connectivity index (χ0v) is 18.9. The topological polar surface area (TPSA) is 72.9 Å². The largest absolute Gasteiger partial charge is 0.464 e. The number of likely N-dealkylation sites (tertiary alicyclic amines) is 1. The molecule has 0 radical (unpaired) electrons. The highest BCUT2D eigenvalue weighted by molar-refractivity contribution is 5.99. The standard InChI is InChI=1S/C13H12.C12H19NO5/c1-11-7-5-6-10-13(11)12-8-3-2-4-9-12;1-5-17-10(15)8-6-7-9(14)13(8)11(16)18-12(2,3)4/h2-10H,1H3;8H,5-7H2,1-4H3. The minimum Gasteiger partial charge on any atom is -0.464 e. The maximum atomic E-state index is 11.9. The number of carbonyl (C=O) groups excluding carboxylic acids is 3. The van der Waals surface area contributed by atoms with Gasteiger partial charge in [-0.15, -0.1) is 0 Å². The van der Waals surface area contributed by atoms with E-state index < -0.39 is 29.6 Å². The Morgan fingerprint density at radius 1 is 1.03 bits per heavy atom. The van der Waals surface area contributed by atoms with Crippen molar-refractivity contribution in [1.29, 1.82) is 0 Å². The van der Waals surface area contributed by atoms with E-state index in [-0.39, 0.29) is 19.4 Å². The average molecular weight is 426 g/mol. The van der Waals surface area contributed by atoms with Crippen molar-refractivity contribution in [1.82, 2.24) is 4.90 Å². The molecule has 0 aromatic heterocycles. The van der Waals surface area contributed by atoms with E-state index in [4.69, 9.17) is 9.47 Å². The van der Waals surface area contributed by atoms with Crippen LogP contribution in [0.25, 0.3) is 11.1 Å². The molecule has 31 heavy (non-hydrogen) atoms. The molecule has 6 heteroatoms. The van der Waals surface area contributed by atoms with Crippen LogP contribution in [0.5, 0.6) is 0 Å². The maximum Gasteiger partial charge on any atom is 0.417 e. The molecule has 0 bridgehead atoms. The van der Waals surface area contributed by atoms with E-state index in [1.54, 1.807) is 27.7 Å². The molecule has 6 nitrogen and oxygen atoms in total. The number of nitrogens with zero attached hydrogens (tertiary/aromatic N) is 1. The molecule has 3 rings (SSSR count). The molecule has 1 unspecified atom stereocenters. The second-order valence-corrected chi connectivity index (χ2v) is 8.23. The molecule has 2 aromatic rings. The van der Waals surface area contributed by atoms with Gasteiger partial charge in [-0.1, -0.05) is 54.6 Å². The zero-order valence-electron chi connectivity index (χ0n) is 18.9. The molecule has 166 valence electrons. The second-order valence-electron chi connectivity index (χ2n) is 8.23.